The van der Waals surface area contributed by atoms with Gasteiger partial charge in [0.15, 0.2) is 11.6 Å². The van der Waals surface area contributed by atoms with Gasteiger partial charge in [0.05, 0.1) is 7.11 Å². The number of hydrogen-bond donors (Lipinski definition) is 1. The lowest BCUT2D eigenvalue weighted by atomic mass is 10.0. The molecule has 0 fully saturated rings. The van der Waals surface area contributed by atoms with Crippen LogP contribution in [0.5, 0.6) is 11.5 Å². The predicted octanol–water partition coefficient (Wildman–Crippen LogP) is 4.20. The van der Waals surface area contributed by atoms with Crippen molar-refractivity contribution in [3.05, 3.63) is 65.0 Å². The number of thioether (sulfide) groups is 1. The van der Waals surface area contributed by atoms with Gasteiger partial charge in [0.1, 0.15) is 18.1 Å². The van der Waals surface area contributed by atoms with Gasteiger partial charge in [-0.05, 0) is 48.7 Å². The highest BCUT2D eigenvalue weighted by molar-refractivity contribution is 7.98. The average molecular weight is 427 g/mol. The van der Waals surface area contributed by atoms with E-state index in [4.69, 9.17) is 15.3 Å². The average Bonchev–Trinajstić information content (AvgIpc) is 3.10. The van der Waals surface area contributed by atoms with Gasteiger partial charge in [0.25, 0.3) is 0 Å². The number of nitrogen functional groups attached to an aromatic ring is 1. The Kier molecular flexibility index (Phi) is 6.99. The molecule has 0 aliphatic carbocycles. The van der Waals surface area contributed by atoms with Crippen LogP contribution in [-0.4, -0.2) is 27.8 Å². The summed E-state index contributed by atoms with van der Waals surface area (Å²) in [5, 5.41) is 8.85. The summed E-state index contributed by atoms with van der Waals surface area (Å²) in [4.78, 5) is 11.7. The van der Waals surface area contributed by atoms with E-state index in [1.165, 1.54) is 28.9 Å². The van der Waals surface area contributed by atoms with E-state index in [0.29, 0.717) is 34.0 Å². The number of ketones is 1. The fraction of sp³-hybridized carbons (Fsp3) is 0.318. The van der Waals surface area contributed by atoms with E-state index in [1.807, 2.05) is 18.2 Å². The number of carbonyl (C=O) groups is 1. The molecule has 0 radical (unpaired) electrons. The molecule has 1 aromatic heterocycles. The molecule has 0 saturated heterocycles. The van der Waals surface area contributed by atoms with Crippen LogP contribution in [0.3, 0.4) is 0 Å². The minimum atomic E-state index is 0.00626. The Morgan fingerprint density at radius 1 is 1.17 bits per heavy atom. The van der Waals surface area contributed by atoms with Crippen molar-refractivity contribution in [2.45, 2.75) is 44.2 Å². The molecule has 0 saturated carbocycles. The van der Waals surface area contributed by atoms with Crippen LogP contribution in [0.1, 0.15) is 54.0 Å². The van der Waals surface area contributed by atoms with Crippen LogP contribution in [0.25, 0.3) is 0 Å². The molecule has 7 nitrogen and oxygen atoms in total. The molecule has 0 aliphatic rings. The van der Waals surface area contributed by atoms with Gasteiger partial charge in [-0.1, -0.05) is 37.7 Å². The van der Waals surface area contributed by atoms with Crippen LogP contribution in [-0.2, 0) is 12.4 Å². The van der Waals surface area contributed by atoms with E-state index in [1.54, 1.807) is 19.2 Å². The third kappa shape index (κ3) is 5.13. The van der Waals surface area contributed by atoms with E-state index in [-0.39, 0.29) is 12.4 Å². The predicted molar refractivity (Wildman–Crippen MR) is 118 cm³/mol. The van der Waals surface area contributed by atoms with Gasteiger partial charge in [0, 0.05) is 16.9 Å². The van der Waals surface area contributed by atoms with Crippen molar-refractivity contribution < 1.29 is 14.3 Å². The Balaban J connectivity index is 1.64. The third-order valence-corrected chi connectivity index (χ3v) is 5.69. The van der Waals surface area contributed by atoms with Gasteiger partial charge >= 0.3 is 0 Å². The Hall–Kier alpha value is -3.00. The van der Waals surface area contributed by atoms with Gasteiger partial charge in [-0.25, -0.2) is 4.68 Å². The summed E-state index contributed by atoms with van der Waals surface area (Å²) in [6.45, 7) is 6.06. The first-order valence-electron chi connectivity index (χ1n) is 9.61. The van der Waals surface area contributed by atoms with Crippen molar-refractivity contribution in [3.63, 3.8) is 0 Å². The van der Waals surface area contributed by atoms with E-state index in [0.717, 1.165) is 11.3 Å². The van der Waals surface area contributed by atoms with Crippen molar-refractivity contribution in [1.29, 1.82) is 0 Å². The summed E-state index contributed by atoms with van der Waals surface area (Å²) in [7, 11) is 1.60. The van der Waals surface area contributed by atoms with E-state index in [9.17, 15) is 4.79 Å². The van der Waals surface area contributed by atoms with E-state index in [2.05, 4.69) is 36.2 Å². The number of aromatic nitrogens is 3. The largest absolute Gasteiger partial charge is 0.496 e. The molecule has 30 heavy (non-hydrogen) atoms. The number of Topliss-reactive ketones (excluding diaryl/α,β-unsaturated/α-hetero) is 1. The zero-order valence-corrected chi connectivity index (χ0v) is 18.4. The molecule has 0 bridgehead atoms. The molecule has 1 heterocycles. The van der Waals surface area contributed by atoms with Crippen LogP contribution in [0.15, 0.2) is 47.6 Å². The quantitative estimate of drug-likeness (QED) is 0.311. The smallest absolute Gasteiger partial charge is 0.210 e. The van der Waals surface area contributed by atoms with Crippen LogP contribution >= 0.6 is 11.8 Å². The topological polar surface area (TPSA) is 92.3 Å². The first-order chi connectivity index (χ1) is 14.4. The van der Waals surface area contributed by atoms with Crippen molar-refractivity contribution in [3.8, 4) is 11.5 Å². The standard InChI is InChI=1S/C22H26N4O3S/c1-14(2)16-5-8-19(9-6-16)29-12-21-24-25-22(26(21)23)30-13-18-11-17(15(3)27)7-10-20(18)28-4/h5-11,14H,12-13,23H2,1-4H3. The zero-order valence-electron chi connectivity index (χ0n) is 17.6. The Morgan fingerprint density at radius 3 is 2.53 bits per heavy atom. The van der Waals surface area contributed by atoms with Crippen LogP contribution in [0.4, 0.5) is 0 Å². The molecule has 158 valence electrons. The molecule has 2 aromatic carbocycles. The van der Waals surface area contributed by atoms with Gasteiger partial charge in [0.2, 0.25) is 5.16 Å². The van der Waals surface area contributed by atoms with Gasteiger partial charge < -0.3 is 15.3 Å². The molecular formula is C22H26N4O3S. The highest BCUT2D eigenvalue weighted by Crippen LogP contribution is 2.28. The lowest BCUT2D eigenvalue weighted by Crippen LogP contribution is -2.15. The Morgan fingerprint density at radius 2 is 1.90 bits per heavy atom. The number of rotatable bonds is 9. The number of nitrogens with zero attached hydrogens (tertiary/aromatic N) is 3. The highest BCUT2D eigenvalue weighted by atomic mass is 32.2. The Bertz CT molecular complexity index is 1020. The fourth-order valence-corrected chi connectivity index (χ4v) is 3.71. The Labute approximate surface area is 180 Å². The molecular weight excluding hydrogens is 400 g/mol. The molecule has 0 atom stereocenters. The lowest BCUT2D eigenvalue weighted by molar-refractivity contribution is 0.101. The highest BCUT2D eigenvalue weighted by Gasteiger charge is 2.14. The third-order valence-electron chi connectivity index (χ3n) is 4.69. The van der Waals surface area contributed by atoms with Crippen LogP contribution in [0.2, 0.25) is 0 Å². The second kappa shape index (κ2) is 9.67. The summed E-state index contributed by atoms with van der Waals surface area (Å²) < 4.78 is 12.6. The second-order valence-electron chi connectivity index (χ2n) is 7.15. The monoisotopic (exact) mass is 426 g/mol. The van der Waals surface area contributed by atoms with Crippen molar-refractivity contribution in [2.24, 2.45) is 0 Å². The normalized spacial score (nSPS) is 11.0. The molecule has 2 N–H and O–H groups in total. The van der Waals surface area contributed by atoms with Crippen molar-refractivity contribution in [2.75, 3.05) is 13.0 Å². The molecule has 3 aromatic rings. The van der Waals surface area contributed by atoms with Crippen molar-refractivity contribution >= 4 is 17.5 Å². The maximum atomic E-state index is 11.7. The number of benzene rings is 2. The van der Waals surface area contributed by atoms with Gasteiger partial charge in [-0.2, -0.15) is 0 Å². The number of ether oxygens (including phenoxy) is 2. The van der Waals surface area contributed by atoms with E-state index < -0.39 is 0 Å². The minimum absolute atomic E-state index is 0.00626. The molecule has 8 heteroatoms. The van der Waals surface area contributed by atoms with Crippen molar-refractivity contribution in [1.82, 2.24) is 14.9 Å². The summed E-state index contributed by atoms with van der Waals surface area (Å²) in [6, 6.07) is 13.4. The molecule has 0 amide bonds. The molecule has 3 rings (SSSR count). The number of hydrogen-bond acceptors (Lipinski definition) is 7. The summed E-state index contributed by atoms with van der Waals surface area (Å²) in [5.41, 5.74) is 2.78. The van der Waals surface area contributed by atoms with E-state index >= 15 is 0 Å². The van der Waals surface area contributed by atoms with Crippen LogP contribution in [0, 0.1) is 0 Å². The SMILES string of the molecule is COc1ccc(C(C)=O)cc1CSc1nnc(COc2ccc(C(C)C)cc2)n1N. The summed E-state index contributed by atoms with van der Waals surface area (Å²) in [5.74, 6) is 9.15. The molecule has 0 aliphatic heterocycles. The van der Waals surface area contributed by atoms with Gasteiger partial charge in [-0.3, -0.25) is 4.79 Å². The summed E-state index contributed by atoms with van der Waals surface area (Å²) >= 11 is 1.42. The first-order valence-corrected chi connectivity index (χ1v) is 10.6. The maximum absolute atomic E-state index is 11.7. The fourth-order valence-electron chi connectivity index (χ4n) is 2.85. The number of nitrogens with two attached hydrogens (primary N) is 1. The molecule has 0 spiro atoms. The lowest BCUT2D eigenvalue weighted by Gasteiger charge is -2.10. The summed E-state index contributed by atoms with van der Waals surface area (Å²) in [6.07, 6.45) is 0. The zero-order chi connectivity index (χ0) is 21.7. The molecule has 0 unspecified atom stereocenters. The van der Waals surface area contributed by atoms with Gasteiger partial charge in [-0.15, -0.1) is 10.2 Å². The minimum Gasteiger partial charge on any atom is -0.496 e. The van der Waals surface area contributed by atoms with Crippen LogP contribution < -0.4 is 15.3 Å². The number of carbonyl (C=O) groups excluding carboxylic acids is 1. The second-order valence-corrected chi connectivity index (χ2v) is 8.10. The first kappa shape index (κ1) is 21.7. The maximum Gasteiger partial charge on any atom is 0.210 e. The number of methoxy groups -OCH3 is 1.